The van der Waals surface area contributed by atoms with Crippen molar-refractivity contribution >= 4 is 13.5 Å². The molecular formula is C10H17BO. The summed E-state index contributed by atoms with van der Waals surface area (Å²) in [6, 6.07) is 0. The van der Waals surface area contributed by atoms with Crippen molar-refractivity contribution in [1.29, 1.82) is 0 Å². The van der Waals surface area contributed by atoms with E-state index in [-0.39, 0.29) is 11.6 Å². The van der Waals surface area contributed by atoms with E-state index in [4.69, 9.17) is 7.85 Å². The molecule has 1 fully saturated rings. The topological polar surface area (TPSA) is 17.1 Å². The van der Waals surface area contributed by atoms with Gasteiger partial charge in [-0.1, -0.05) is 32.6 Å². The van der Waals surface area contributed by atoms with Gasteiger partial charge in [0.05, 0.1) is 5.68 Å². The van der Waals surface area contributed by atoms with Crippen molar-refractivity contribution < 1.29 is 4.79 Å². The second-order valence-electron chi connectivity index (χ2n) is 4.07. The monoisotopic (exact) mass is 164 g/mol. The van der Waals surface area contributed by atoms with Crippen LogP contribution in [0.2, 0.25) is 0 Å². The molecule has 1 aliphatic carbocycles. The molecule has 0 bridgehead atoms. The molecular weight excluding hydrogens is 147 g/mol. The molecule has 0 unspecified atom stereocenters. The van der Waals surface area contributed by atoms with Crippen molar-refractivity contribution in [2.45, 2.75) is 45.4 Å². The first-order valence-electron chi connectivity index (χ1n) is 4.99. The van der Waals surface area contributed by atoms with Gasteiger partial charge in [-0.2, -0.15) is 0 Å². The lowest BCUT2D eigenvalue weighted by atomic mass is 9.79. The van der Waals surface area contributed by atoms with Crippen molar-refractivity contribution in [1.82, 2.24) is 0 Å². The predicted octanol–water partition coefficient (Wildman–Crippen LogP) is 2.29. The lowest BCUT2D eigenvalue weighted by Crippen LogP contribution is -2.16. The van der Waals surface area contributed by atoms with Gasteiger partial charge in [-0.05, 0) is 18.8 Å². The summed E-state index contributed by atoms with van der Waals surface area (Å²) in [5.74, 6) is 1.01. The average molecular weight is 164 g/mol. The molecule has 0 saturated heterocycles. The van der Waals surface area contributed by atoms with Crippen molar-refractivity contribution in [3.8, 4) is 0 Å². The summed E-state index contributed by atoms with van der Waals surface area (Å²) in [5, 5.41) is 0. The van der Waals surface area contributed by atoms with Crippen molar-refractivity contribution in [3.05, 3.63) is 0 Å². The number of hydrogen-bond acceptors (Lipinski definition) is 1. The fourth-order valence-electron chi connectivity index (χ4n) is 2.00. The van der Waals surface area contributed by atoms with E-state index in [1.807, 2.05) is 0 Å². The van der Waals surface area contributed by atoms with Gasteiger partial charge in [-0.3, -0.25) is 0 Å². The van der Waals surface area contributed by atoms with Crippen LogP contribution in [0.5, 0.6) is 0 Å². The summed E-state index contributed by atoms with van der Waals surface area (Å²) >= 11 is 0. The third-order valence-corrected chi connectivity index (χ3v) is 2.90. The molecule has 0 amide bonds. The Balaban J connectivity index is 2.35. The van der Waals surface area contributed by atoms with Gasteiger partial charge in [0.25, 0.3) is 0 Å². The van der Waals surface area contributed by atoms with Crippen LogP contribution in [0.3, 0.4) is 0 Å². The highest BCUT2D eigenvalue weighted by Crippen LogP contribution is 2.25. The molecule has 66 valence electrons. The third-order valence-electron chi connectivity index (χ3n) is 2.90. The van der Waals surface area contributed by atoms with Crippen LogP contribution >= 0.6 is 0 Å². The zero-order valence-corrected chi connectivity index (χ0v) is 7.88. The summed E-state index contributed by atoms with van der Waals surface area (Å²) in [6.07, 6.45) is 6.91. The molecule has 0 spiro atoms. The maximum atomic E-state index is 10.9. The Labute approximate surface area is 76.3 Å². The second kappa shape index (κ2) is 4.69. The van der Waals surface area contributed by atoms with E-state index in [0.717, 1.165) is 18.8 Å². The number of carbonyl (C=O) groups excluding carboxylic acids is 1. The van der Waals surface area contributed by atoms with Gasteiger partial charge < -0.3 is 4.79 Å². The summed E-state index contributed by atoms with van der Waals surface area (Å²) in [7, 11) is 5.28. The molecule has 2 radical (unpaired) electrons. The molecule has 0 N–H and O–H groups in total. The number of carbonyl (C=O) groups is 1. The van der Waals surface area contributed by atoms with Gasteiger partial charge in [0.15, 0.2) is 7.85 Å². The highest BCUT2D eigenvalue weighted by molar-refractivity contribution is 6.58. The Bertz CT molecular complexity index is 146. The molecule has 12 heavy (non-hydrogen) atoms. The minimum Gasteiger partial charge on any atom is -0.312 e. The van der Waals surface area contributed by atoms with E-state index < -0.39 is 0 Å². The van der Waals surface area contributed by atoms with Crippen LogP contribution in [-0.2, 0) is 4.79 Å². The number of rotatable bonds is 1. The molecule has 1 saturated carbocycles. The van der Waals surface area contributed by atoms with E-state index in [1.54, 1.807) is 0 Å². The van der Waals surface area contributed by atoms with Crippen LogP contribution in [0.25, 0.3) is 0 Å². The molecule has 0 aromatic rings. The van der Waals surface area contributed by atoms with E-state index in [1.165, 1.54) is 25.7 Å². The van der Waals surface area contributed by atoms with Crippen LogP contribution in [0.4, 0.5) is 0 Å². The van der Waals surface area contributed by atoms with E-state index in [0.29, 0.717) is 0 Å². The van der Waals surface area contributed by atoms with E-state index in [9.17, 15) is 4.79 Å². The Morgan fingerprint density at radius 2 is 1.67 bits per heavy atom. The van der Waals surface area contributed by atoms with E-state index >= 15 is 0 Å². The number of hydrogen-bond donors (Lipinski definition) is 0. The quantitative estimate of drug-likeness (QED) is 0.543. The second-order valence-corrected chi connectivity index (χ2v) is 4.07. The minimum absolute atomic E-state index is 0.0930. The predicted molar refractivity (Wildman–Crippen MR) is 51.1 cm³/mol. The lowest BCUT2D eigenvalue weighted by Gasteiger charge is -2.20. The first-order chi connectivity index (χ1) is 5.70. The molecule has 1 aliphatic rings. The molecule has 1 rings (SSSR count). The van der Waals surface area contributed by atoms with Gasteiger partial charge >= 0.3 is 0 Å². The molecule has 0 atom stereocenters. The first-order valence-corrected chi connectivity index (χ1v) is 4.99. The Morgan fingerprint density at radius 3 is 2.08 bits per heavy atom. The van der Waals surface area contributed by atoms with Gasteiger partial charge in [-0.25, -0.2) is 0 Å². The summed E-state index contributed by atoms with van der Waals surface area (Å²) in [5.41, 5.74) is -0.0930. The Morgan fingerprint density at radius 1 is 1.17 bits per heavy atom. The van der Waals surface area contributed by atoms with Crippen LogP contribution in [0.1, 0.15) is 45.4 Å². The van der Waals surface area contributed by atoms with Crippen molar-refractivity contribution in [2.24, 2.45) is 11.8 Å². The fourth-order valence-corrected chi connectivity index (χ4v) is 2.00. The van der Waals surface area contributed by atoms with Gasteiger partial charge in [0.2, 0.25) is 0 Å². The van der Waals surface area contributed by atoms with Crippen LogP contribution in [0, 0.1) is 11.8 Å². The van der Waals surface area contributed by atoms with Crippen LogP contribution < -0.4 is 0 Å². The molecule has 1 nitrogen and oxygen atoms in total. The third kappa shape index (κ3) is 3.00. The van der Waals surface area contributed by atoms with Gasteiger partial charge in [-0.15, -0.1) is 0 Å². The standard InChI is InChI=1S/C10H17BO/c1-8-4-2-6-9(10(11)12)7-3-5-8/h8-9H,2-7H2,1H3. The largest absolute Gasteiger partial charge is 0.312 e. The lowest BCUT2D eigenvalue weighted by molar-refractivity contribution is -0.115. The van der Waals surface area contributed by atoms with Crippen molar-refractivity contribution in [2.75, 3.05) is 0 Å². The maximum absolute atomic E-state index is 10.9. The van der Waals surface area contributed by atoms with Gasteiger partial charge in [0.1, 0.15) is 0 Å². The first kappa shape index (κ1) is 9.82. The van der Waals surface area contributed by atoms with Crippen LogP contribution in [-0.4, -0.2) is 13.5 Å². The highest BCUT2D eigenvalue weighted by Gasteiger charge is 2.16. The molecule has 0 aromatic carbocycles. The summed E-state index contributed by atoms with van der Waals surface area (Å²) in [6.45, 7) is 2.30. The van der Waals surface area contributed by atoms with Crippen LogP contribution in [0.15, 0.2) is 0 Å². The smallest absolute Gasteiger partial charge is 0.168 e. The molecule has 0 aromatic heterocycles. The summed E-state index contributed by atoms with van der Waals surface area (Å²) < 4.78 is 0. The zero-order valence-electron chi connectivity index (χ0n) is 7.88. The Kier molecular flexibility index (Phi) is 3.83. The Hall–Kier alpha value is -0.265. The van der Waals surface area contributed by atoms with Gasteiger partial charge in [0, 0.05) is 5.92 Å². The van der Waals surface area contributed by atoms with Crippen molar-refractivity contribution in [3.63, 3.8) is 0 Å². The normalized spacial score (nSPS) is 32.1. The zero-order chi connectivity index (χ0) is 8.97. The summed E-state index contributed by atoms with van der Waals surface area (Å²) in [4.78, 5) is 10.9. The molecule has 2 heteroatoms. The minimum atomic E-state index is -0.0930. The van der Waals surface area contributed by atoms with E-state index in [2.05, 4.69) is 6.92 Å². The molecule has 0 heterocycles. The fraction of sp³-hybridized carbons (Fsp3) is 0.900. The SMILES string of the molecule is [B]C(=O)C1CCCC(C)CCC1. The molecule has 0 aliphatic heterocycles. The highest BCUT2D eigenvalue weighted by atomic mass is 16.1. The maximum Gasteiger partial charge on any atom is 0.168 e. The average Bonchev–Trinajstić information content (AvgIpc) is 1.95.